The first-order valence-electron chi connectivity index (χ1n) is 6.43. The molecule has 0 bridgehead atoms. The standard InChI is InChI=1S/C12H19ClN4O/c1-3-8-5-4-6-9(7-8)14-11-15-10(13)16-12(17-11)18-2/h8-9H,3-7H2,1-2H3,(H,14,15,16,17). The zero-order valence-electron chi connectivity index (χ0n) is 10.8. The van der Waals surface area contributed by atoms with Crippen LogP contribution in [-0.2, 0) is 0 Å². The predicted octanol–water partition coefficient (Wildman–Crippen LogP) is 2.91. The summed E-state index contributed by atoms with van der Waals surface area (Å²) in [5.41, 5.74) is 0. The molecule has 5 nitrogen and oxygen atoms in total. The Morgan fingerprint density at radius 3 is 2.89 bits per heavy atom. The van der Waals surface area contributed by atoms with E-state index in [2.05, 4.69) is 27.2 Å². The Hall–Kier alpha value is -1.10. The fourth-order valence-electron chi connectivity index (χ4n) is 2.46. The SMILES string of the molecule is CCC1CCCC(Nc2nc(Cl)nc(OC)n2)C1. The van der Waals surface area contributed by atoms with Gasteiger partial charge < -0.3 is 10.1 Å². The first-order valence-corrected chi connectivity index (χ1v) is 6.81. The highest BCUT2D eigenvalue weighted by Gasteiger charge is 2.21. The van der Waals surface area contributed by atoms with Crippen molar-refractivity contribution < 1.29 is 4.74 Å². The van der Waals surface area contributed by atoms with Gasteiger partial charge in [-0.15, -0.1) is 0 Å². The van der Waals surface area contributed by atoms with E-state index in [0.717, 1.165) is 12.3 Å². The fourth-order valence-corrected chi connectivity index (χ4v) is 2.62. The van der Waals surface area contributed by atoms with Crippen molar-refractivity contribution in [2.45, 2.75) is 45.1 Å². The highest BCUT2D eigenvalue weighted by Crippen LogP contribution is 2.28. The van der Waals surface area contributed by atoms with E-state index < -0.39 is 0 Å². The number of hydrogen-bond donors (Lipinski definition) is 1. The lowest BCUT2D eigenvalue weighted by Crippen LogP contribution is -2.28. The molecule has 2 atom stereocenters. The topological polar surface area (TPSA) is 59.9 Å². The van der Waals surface area contributed by atoms with E-state index in [-0.39, 0.29) is 11.3 Å². The van der Waals surface area contributed by atoms with E-state index in [0.29, 0.717) is 12.0 Å². The molecule has 1 fully saturated rings. The first-order chi connectivity index (χ1) is 8.71. The van der Waals surface area contributed by atoms with E-state index in [9.17, 15) is 0 Å². The second-order valence-electron chi connectivity index (χ2n) is 4.70. The average Bonchev–Trinajstić information content (AvgIpc) is 2.38. The molecule has 1 aliphatic rings. The van der Waals surface area contributed by atoms with Gasteiger partial charge in [0.2, 0.25) is 11.2 Å². The molecule has 0 amide bonds. The Balaban J connectivity index is 2.02. The third-order valence-electron chi connectivity index (χ3n) is 3.46. The third kappa shape index (κ3) is 3.45. The largest absolute Gasteiger partial charge is 0.467 e. The summed E-state index contributed by atoms with van der Waals surface area (Å²) in [5.74, 6) is 1.31. The van der Waals surface area contributed by atoms with Gasteiger partial charge in [0.15, 0.2) is 0 Å². The summed E-state index contributed by atoms with van der Waals surface area (Å²) < 4.78 is 4.98. The molecule has 1 saturated carbocycles. The van der Waals surface area contributed by atoms with Crippen molar-refractivity contribution >= 4 is 17.5 Å². The number of rotatable bonds is 4. The molecule has 6 heteroatoms. The molecule has 1 heterocycles. The molecule has 18 heavy (non-hydrogen) atoms. The number of hydrogen-bond acceptors (Lipinski definition) is 5. The summed E-state index contributed by atoms with van der Waals surface area (Å²) in [6.07, 6.45) is 6.14. The lowest BCUT2D eigenvalue weighted by atomic mass is 9.84. The van der Waals surface area contributed by atoms with Crippen LogP contribution < -0.4 is 10.1 Å². The van der Waals surface area contributed by atoms with E-state index in [1.807, 2.05) is 0 Å². The predicted molar refractivity (Wildman–Crippen MR) is 71.0 cm³/mol. The van der Waals surface area contributed by atoms with Crippen LogP contribution in [0.15, 0.2) is 0 Å². The number of methoxy groups -OCH3 is 1. The zero-order chi connectivity index (χ0) is 13.0. The van der Waals surface area contributed by atoms with Gasteiger partial charge in [0.25, 0.3) is 0 Å². The van der Waals surface area contributed by atoms with E-state index >= 15 is 0 Å². The zero-order valence-corrected chi connectivity index (χ0v) is 11.6. The molecule has 1 aliphatic carbocycles. The van der Waals surface area contributed by atoms with Gasteiger partial charge in [-0.3, -0.25) is 0 Å². The summed E-state index contributed by atoms with van der Waals surface area (Å²) in [4.78, 5) is 12.1. The maximum atomic E-state index is 5.82. The van der Waals surface area contributed by atoms with Gasteiger partial charge in [-0.25, -0.2) is 0 Å². The van der Waals surface area contributed by atoms with Crippen molar-refractivity contribution in [3.05, 3.63) is 5.28 Å². The second kappa shape index (κ2) is 6.18. The van der Waals surface area contributed by atoms with E-state index in [4.69, 9.17) is 16.3 Å². The van der Waals surface area contributed by atoms with Crippen LogP contribution in [0.2, 0.25) is 5.28 Å². The quantitative estimate of drug-likeness (QED) is 0.912. The first kappa shape index (κ1) is 13.3. The van der Waals surface area contributed by atoms with Crippen molar-refractivity contribution in [1.29, 1.82) is 0 Å². The molecule has 2 unspecified atom stereocenters. The van der Waals surface area contributed by atoms with Gasteiger partial charge in [-0.05, 0) is 30.4 Å². The van der Waals surface area contributed by atoms with Gasteiger partial charge in [0, 0.05) is 6.04 Å². The van der Waals surface area contributed by atoms with Crippen LogP contribution in [0.3, 0.4) is 0 Å². The summed E-state index contributed by atoms with van der Waals surface area (Å²) in [6.45, 7) is 2.25. The van der Waals surface area contributed by atoms with Crippen LogP contribution >= 0.6 is 11.6 Å². The summed E-state index contributed by atoms with van der Waals surface area (Å²) in [7, 11) is 1.52. The fraction of sp³-hybridized carbons (Fsp3) is 0.750. The Labute approximate surface area is 112 Å². The van der Waals surface area contributed by atoms with Crippen LogP contribution in [0, 0.1) is 5.92 Å². The highest BCUT2D eigenvalue weighted by molar-refractivity contribution is 6.28. The molecule has 2 rings (SSSR count). The summed E-state index contributed by atoms with van der Waals surface area (Å²) in [6, 6.07) is 0.673. The maximum absolute atomic E-state index is 5.82. The molecule has 1 N–H and O–H groups in total. The van der Waals surface area contributed by atoms with Gasteiger partial charge in [-0.1, -0.05) is 26.2 Å². The van der Waals surface area contributed by atoms with Crippen LogP contribution in [-0.4, -0.2) is 28.1 Å². The van der Waals surface area contributed by atoms with Crippen LogP contribution in [0.4, 0.5) is 5.95 Å². The molecule has 0 radical (unpaired) electrons. The minimum atomic E-state index is 0.159. The molecule has 0 aliphatic heterocycles. The molecule has 1 aromatic heterocycles. The number of anilines is 1. The molecular formula is C12H19ClN4O. The Morgan fingerprint density at radius 1 is 1.33 bits per heavy atom. The molecular weight excluding hydrogens is 252 g/mol. The molecule has 1 aromatic rings. The minimum absolute atomic E-state index is 0.159. The third-order valence-corrected chi connectivity index (χ3v) is 3.63. The Morgan fingerprint density at radius 2 is 2.17 bits per heavy atom. The van der Waals surface area contributed by atoms with Crippen LogP contribution in [0.1, 0.15) is 39.0 Å². The van der Waals surface area contributed by atoms with E-state index in [1.54, 1.807) is 0 Å². The number of aromatic nitrogens is 3. The molecule has 0 saturated heterocycles. The van der Waals surface area contributed by atoms with Gasteiger partial charge in [0.05, 0.1) is 7.11 Å². The number of halogens is 1. The lowest BCUT2D eigenvalue weighted by molar-refractivity contribution is 0.326. The molecule has 0 spiro atoms. The second-order valence-corrected chi connectivity index (χ2v) is 5.03. The van der Waals surface area contributed by atoms with E-state index in [1.165, 1.54) is 32.8 Å². The maximum Gasteiger partial charge on any atom is 0.322 e. The number of nitrogens with zero attached hydrogens (tertiary/aromatic N) is 3. The Bertz CT molecular complexity index is 402. The van der Waals surface area contributed by atoms with Crippen molar-refractivity contribution in [3.63, 3.8) is 0 Å². The van der Waals surface area contributed by atoms with Gasteiger partial charge in [0.1, 0.15) is 0 Å². The average molecular weight is 271 g/mol. The molecule has 0 aromatic carbocycles. The smallest absolute Gasteiger partial charge is 0.322 e. The normalized spacial score (nSPS) is 23.7. The summed E-state index contributed by atoms with van der Waals surface area (Å²) >= 11 is 5.82. The number of ether oxygens (including phenoxy) is 1. The minimum Gasteiger partial charge on any atom is -0.467 e. The summed E-state index contributed by atoms with van der Waals surface area (Å²) in [5, 5.41) is 3.49. The van der Waals surface area contributed by atoms with Gasteiger partial charge >= 0.3 is 6.01 Å². The lowest BCUT2D eigenvalue weighted by Gasteiger charge is -2.29. The molecule has 100 valence electrons. The van der Waals surface area contributed by atoms with Crippen LogP contribution in [0.25, 0.3) is 0 Å². The Kier molecular flexibility index (Phi) is 4.58. The number of nitrogens with one attached hydrogen (secondary N) is 1. The van der Waals surface area contributed by atoms with Crippen molar-refractivity contribution in [2.24, 2.45) is 5.92 Å². The monoisotopic (exact) mass is 270 g/mol. The van der Waals surface area contributed by atoms with Crippen molar-refractivity contribution in [3.8, 4) is 6.01 Å². The van der Waals surface area contributed by atoms with Crippen LogP contribution in [0.5, 0.6) is 6.01 Å². The van der Waals surface area contributed by atoms with Crippen molar-refractivity contribution in [1.82, 2.24) is 15.0 Å². The van der Waals surface area contributed by atoms with Gasteiger partial charge in [-0.2, -0.15) is 15.0 Å². The highest BCUT2D eigenvalue weighted by atomic mass is 35.5. The van der Waals surface area contributed by atoms with Crippen molar-refractivity contribution in [2.75, 3.05) is 12.4 Å².